The van der Waals surface area contributed by atoms with Gasteiger partial charge in [0.2, 0.25) is 5.82 Å². The Balaban J connectivity index is 1.15. The highest BCUT2D eigenvalue weighted by Gasteiger charge is 2.44. The molecular weight excluding hydrogens is 629 g/mol. The van der Waals surface area contributed by atoms with Crippen molar-refractivity contribution in [2.75, 3.05) is 24.5 Å². The van der Waals surface area contributed by atoms with E-state index in [1.807, 2.05) is 0 Å². The topological polar surface area (TPSA) is 94.0 Å². The number of H-pyrrole nitrogens is 1. The van der Waals surface area contributed by atoms with Crippen molar-refractivity contribution in [2.45, 2.75) is 51.6 Å². The Hall–Kier alpha value is -4.28. The minimum absolute atomic E-state index is 0.0106. The maximum Gasteiger partial charge on any atom is 0.451 e. The second-order valence-corrected chi connectivity index (χ2v) is 12.3. The molecule has 8 nitrogen and oxygen atoms in total. The fraction of sp³-hybridized carbons (Fsp3) is 0.375. The third-order valence-corrected chi connectivity index (χ3v) is 8.74. The summed E-state index contributed by atoms with van der Waals surface area (Å²) >= 11 is 5.82. The van der Waals surface area contributed by atoms with Gasteiger partial charge in [-0.25, -0.2) is 8.78 Å². The van der Waals surface area contributed by atoms with Gasteiger partial charge in [-0.15, -0.1) is 10.2 Å². The van der Waals surface area contributed by atoms with Crippen LogP contribution in [0.5, 0.6) is 5.75 Å². The number of aromatic amines is 1. The molecule has 0 spiro atoms. The van der Waals surface area contributed by atoms with Crippen LogP contribution in [0.3, 0.4) is 0 Å². The number of nitrogens with zero attached hydrogens (tertiary/aromatic N) is 6. The van der Waals surface area contributed by atoms with Gasteiger partial charge < -0.3 is 14.6 Å². The van der Waals surface area contributed by atoms with E-state index in [0.29, 0.717) is 38.2 Å². The average molecular weight is 658 g/mol. The predicted molar refractivity (Wildman–Crippen MR) is 160 cm³/mol. The van der Waals surface area contributed by atoms with E-state index in [4.69, 9.17) is 16.3 Å². The Bertz CT molecular complexity index is 1790. The van der Waals surface area contributed by atoms with E-state index in [1.54, 1.807) is 24.3 Å². The summed E-state index contributed by atoms with van der Waals surface area (Å²) in [5, 5.41) is 16.9. The molecule has 3 heterocycles. The first-order chi connectivity index (χ1) is 21.9. The van der Waals surface area contributed by atoms with Crippen LogP contribution in [0.1, 0.15) is 42.4 Å². The Labute approximate surface area is 266 Å². The molecule has 1 aliphatic heterocycles. The Kier molecular flexibility index (Phi) is 8.60. The zero-order valence-electron chi connectivity index (χ0n) is 24.7. The smallest absolute Gasteiger partial charge is 0.451 e. The number of hydrogen-bond donors (Lipinski definition) is 1. The summed E-state index contributed by atoms with van der Waals surface area (Å²) in [6.07, 6.45) is -1.24. The first-order valence-corrected chi connectivity index (χ1v) is 15.1. The fourth-order valence-electron chi connectivity index (χ4n) is 5.58. The van der Waals surface area contributed by atoms with Crippen molar-refractivity contribution in [1.82, 2.24) is 25.1 Å². The summed E-state index contributed by atoms with van der Waals surface area (Å²) in [5.74, 6) is -2.31. The van der Waals surface area contributed by atoms with Gasteiger partial charge in [-0.2, -0.15) is 18.4 Å². The first-order valence-electron chi connectivity index (χ1n) is 14.7. The highest BCUT2D eigenvalue weighted by atomic mass is 35.5. The Morgan fingerprint density at radius 1 is 1.07 bits per heavy atom. The van der Waals surface area contributed by atoms with Crippen molar-refractivity contribution < 1.29 is 26.7 Å². The molecule has 1 aliphatic carbocycles. The van der Waals surface area contributed by atoms with E-state index in [-0.39, 0.29) is 34.8 Å². The number of anilines is 1. The Morgan fingerprint density at radius 2 is 1.87 bits per heavy atom. The second kappa shape index (κ2) is 12.5. The van der Waals surface area contributed by atoms with Crippen LogP contribution in [-0.2, 0) is 25.7 Å². The van der Waals surface area contributed by atoms with Gasteiger partial charge in [0, 0.05) is 66.3 Å². The van der Waals surface area contributed by atoms with Crippen molar-refractivity contribution in [3.8, 4) is 23.2 Å². The number of halogens is 6. The fourth-order valence-corrected chi connectivity index (χ4v) is 5.74. The second-order valence-electron chi connectivity index (χ2n) is 11.8. The van der Waals surface area contributed by atoms with Gasteiger partial charge in [-0.3, -0.25) is 9.88 Å². The van der Waals surface area contributed by atoms with E-state index < -0.39 is 29.1 Å². The van der Waals surface area contributed by atoms with Crippen LogP contribution >= 0.6 is 11.6 Å². The van der Waals surface area contributed by atoms with Gasteiger partial charge in [0.25, 0.3) is 0 Å². The minimum Gasteiger partial charge on any atom is -0.486 e. The molecule has 1 atom stereocenters. The summed E-state index contributed by atoms with van der Waals surface area (Å²) in [7, 11) is 0. The molecule has 46 heavy (non-hydrogen) atoms. The van der Waals surface area contributed by atoms with E-state index >= 15 is 0 Å². The van der Waals surface area contributed by atoms with Gasteiger partial charge in [-0.1, -0.05) is 17.7 Å². The van der Waals surface area contributed by atoms with Crippen LogP contribution < -0.4 is 9.64 Å². The lowest BCUT2D eigenvalue weighted by molar-refractivity contribution is -0.144. The molecule has 0 bridgehead atoms. The largest absolute Gasteiger partial charge is 0.486 e. The molecule has 6 rings (SSSR count). The van der Waals surface area contributed by atoms with Crippen LogP contribution in [-0.4, -0.2) is 50.7 Å². The monoisotopic (exact) mass is 657 g/mol. The quantitative estimate of drug-likeness (QED) is 0.195. The number of nitrogens with one attached hydrogen (secondary N) is 1. The standard InChI is InChI=1S/C32H29ClF5N7O/c1-19-15-45(24-4-5-25(34)28(12-24)46-17-20-2-3-23(33)11-26(20)35)9-8-44(19)16-27-21(13-31(18-39)6-7-31)10-22(14-40-27)29-41-30(43-42-29)32(36,37)38/h2-5,10-12,14,19H,6-9,13,15-17H2,1H3,(H,41,42,43)/t19-/m0/s1. The van der Waals surface area contributed by atoms with E-state index in [9.17, 15) is 27.2 Å². The third kappa shape index (κ3) is 6.93. The molecule has 0 amide bonds. The molecule has 14 heteroatoms. The van der Waals surface area contributed by atoms with Gasteiger partial charge in [0.05, 0.1) is 17.2 Å². The number of aromatic nitrogens is 4. The highest BCUT2D eigenvalue weighted by Crippen LogP contribution is 2.48. The van der Waals surface area contributed by atoms with Crippen molar-refractivity contribution >= 4 is 17.3 Å². The normalized spacial score (nSPS) is 18.0. The van der Waals surface area contributed by atoms with Crippen LogP contribution in [0.15, 0.2) is 48.7 Å². The molecule has 2 fully saturated rings. The van der Waals surface area contributed by atoms with Gasteiger partial charge in [0.1, 0.15) is 12.4 Å². The van der Waals surface area contributed by atoms with Gasteiger partial charge in [-0.05, 0) is 62.1 Å². The van der Waals surface area contributed by atoms with E-state index in [2.05, 4.69) is 43.0 Å². The number of alkyl halides is 3. The SMILES string of the molecule is C[C@H]1CN(c2ccc(F)c(OCc3ccc(Cl)cc3F)c2)CCN1Cc1ncc(-c2nnc(C(F)(F)F)[nH]2)cc1CC1(C#N)CC1. The lowest BCUT2D eigenvalue weighted by Gasteiger charge is -2.41. The number of nitriles is 1. The molecule has 0 radical (unpaired) electrons. The van der Waals surface area contributed by atoms with Crippen molar-refractivity contribution in [3.05, 3.63) is 88.0 Å². The van der Waals surface area contributed by atoms with Crippen molar-refractivity contribution in [1.29, 1.82) is 5.26 Å². The first kappa shape index (κ1) is 31.7. The van der Waals surface area contributed by atoms with Crippen LogP contribution in [0, 0.1) is 28.4 Å². The molecule has 2 aliphatic rings. The maximum absolute atomic E-state index is 14.6. The predicted octanol–water partition coefficient (Wildman–Crippen LogP) is 6.95. The molecule has 2 aromatic heterocycles. The molecule has 4 aromatic rings. The Morgan fingerprint density at radius 3 is 2.54 bits per heavy atom. The minimum atomic E-state index is -4.65. The van der Waals surface area contributed by atoms with Crippen LogP contribution in [0.4, 0.5) is 27.6 Å². The summed E-state index contributed by atoms with van der Waals surface area (Å²) in [6.45, 7) is 4.26. The maximum atomic E-state index is 14.6. The van der Waals surface area contributed by atoms with Crippen molar-refractivity contribution in [2.24, 2.45) is 5.41 Å². The van der Waals surface area contributed by atoms with Crippen molar-refractivity contribution in [3.63, 3.8) is 0 Å². The zero-order chi connectivity index (χ0) is 32.6. The number of benzene rings is 2. The lowest BCUT2D eigenvalue weighted by Crippen LogP contribution is -2.51. The van der Waals surface area contributed by atoms with Gasteiger partial charge >= 0.3 is 6.18 Å². The average Bonchev–Trinajstić information content (AvgIpc) is 3.60. The highest BCUT2D eigenvalue weighted by molar-refractivity contribution is 6.30. The summed E-state index contributed by atoms with van der Waals surface area (Å²) < 4.78 is 73.7. The molecule has 240 valence electrons. The number of piperazine rings is 1. The molecule has 1 saturated heterocycles. The van der Waals surface area contributed by atoms with E-state index in [0.717, 1.165) is 29.8 Å². The van der Waals surface area contributed by atoms with E-state index in [1.165, 1.54) is 24.4 Å². The number of hydrogen-bond acceptors (Lipinski definition) is 7. The van der Waals surface area contributed by atoms with Gasteiger partial charge in [0.15, 0.2) is 17.4 Å². The lowest BCUT2D eigenvalue weighted by atomic mass is 9.95. The number of rotatable bonds is 9. The summed E-state index contributed by atoms with van der Waals surface area (Å²) in [4.78, 5) is 11.2. The zero-order valence-corrected chi connectivity index (χ0v) is 25.5. The summed E-state index contributed by atoms with van der Waals surface area (Å²) in [6, 6.07) is 13.0. The summed E-state index contributed by atoms with van der Waals surface area (Å²) in [5.41, 5.74) is 2.41. The number of pyridine rings is 1. The molecule has 0 unspecified atom stereocenters. The number of ether oxygens (including phenoxy) is 1. The third-order valence-electron chi connectivity index (χ3n) is 8.50. The molecule has 1 N–H and O–H groups in total. The molecular formula is C32H29ClF5N7O. The van der Waals surface area contributed by atoms with Crippen LogP contribution in [0.25, 0.3) is 11.4 Å². The molecule has 2 aromatic carbocycles. The molecule has 1 saturated carbocycles. The van der Waals surface area contributed by atoms with Crippen LogP contribution in [0.2, 0.25) is 5.02 Å².